The smallest absolute Gasteiger partial charge is 0.303 e. The van der Waals surface area contributed by atoms with Crippen LogP contribution in [0.5, 0.6) is 0 Å². The third kappa shape index (κ3) is 18.6. The summed E-state index contributed by atoms with van der Waals surface area (Å²) in [6, 6.07) is 0. The topological polar surface area (TPSA) is 57.5 Å². The monoisotopic (exact) mass is 322 g/mol. The van der Waals surface area contributed by atoms with Crippen LogP contribution < -0.4 is 0 Å². The van der Waals surface area contributed by atoms with Crippen molar-refractivity contribution in [3.8, 4) is 0 Å². The minimum atomic E-state index is -0.726. The molecule has 0 amide bonds. The summed E-state index contributed by atoms with van der Waals surface area (Å²) in [5.41, 5.74) is 0. The lowest BCUT2D eigenvalue weighted by atomic mass is 10.1. The molecule has 0 radical (unpaired) electrons. The Balaban J connectivity index is 3.47. The van der Waals surface area contributed by atoms with Crippen molar-refractivity contribution in [3.63, 3.8) is 0 Å². The Morgan fingerprint density at radius 1 is 0.826 bits per heavy atom. The quantitative estimate of drug-likeness (QED) is 0.313. The molecule has 2 N–H and O–H groups in total. The zero-order valence-electron chi connectivity index (χ0n) is 14.6. The Hall–Kier alpha value is -1.35. The van der Waals surface area contributed by atoms with Gasteiger partial charge in [-0.2, -0.15) is 0 Å². The number of hydrogen-bond donors (Lipinski definition) is 2. The summed E-state index contributed by atoms with van der Waals surface area (Å²) < 4.78 is 0. The lowest BCUT2D eigenvalue weighted by Gasteiger charge is -2.03. The van der Waals surface area contributed by atoms with Crippen molar-refractivity contribution in [2.24, 2.45) is 0 Å². The largest absolute Gasteiger partial charge is 0.481 e. The standard InChI is InChI=1S/C20H34O3/c1-2-3-4-5-10-13-16-19(21)17-14-11-8-6-7-9-12-15-18-20(22)23/h7,9-11,13-14,19,21H,2-6,8,12,15-18H2,1H3,(H,22,23)/b9-7-,13-10-,14-11+. The second kappa shape index (κ2) is 17.0. The predicted octanol–water partition coefficient (Wildman–Crippen LogP) is 5.41. The molecular formula is C20H34O3. The zero-order valence-corrected chi connectivity index (χ0v) is 14.6. The number of aliphatic hydroxyl groups excluding tert-OH is 1. The van der Waals surface area contributed by atoms with Gasteiger partial charge in [0.05, 0.1) is 6.10 Å². The highest BCUT2D eigenvalue weighted by atomic mass is 16.4. The van der Waals surface area contributed by atoms with Crippen LogP contribution in [-0.2, 0) is 4.79 Å². The van der Waals surface area contributed by atoms with E-state index >= 15 is 0 Å². The van der Waals surface area contributed by atoms with E-state index in [2.05, 4.69) is 37.3 Å². The molecule has 0 saturated heterocycles. The van der Waals surface area contributed by atoms with Crippen molar-refractivity contribution in [2.75, 3.05) is 0 Å². The Kier molecular flexibility index (Phi) is 16.0. The Morgan fingerprint density at radius 3 is 1.96 bits per heavy atom. The Morgan fingerprint density at radius 2 is 1.35 bits per heavy atom. The van der Waals surface area contributed by atoms with Crippen LogP contribution in [0.3, 0.4) is 0 Å². The number of unbranched alkanes of at least 4 members (excludes halogenated alkanes) is 5. The van der Waals surface area contributed by atoms with Gasteiger partial charge in [0, 0.05) is 6.42 Å². The molecule has 0 spiro atoms. The van der Waals surface area contributed by atoms with E-state index in [1.165, 1.54) is 19.3 Å². The first-order chi connectivity index (χ1) is 11.2. The van der Waals surface area contributed by atoms with Gasteiger partial charge in [-0.1, -0.05) is 56.2 Å². The average molecular weight is 322 g/mol. The molecule has 0 rings (SSSR count). The van der Waals surface area contributed by atoms with Crippen LogP contribution >= 0.6 is 0 Å². The van der Waals surface area contributed by atoms with E-state index in [-0.39, 0.29) is 12.5 Å². The van der Waals surface area contributed by atoms with Crippen LogP contribution in [0.15, 0.2) is 36.5 Å². The molecule has 0 heterocycles. The maximum absolute atomic E-state index is 10.3. The highest BCUT2D eigenvalue weighted by Gasteiger charge is 1.97. The summed E-state index contributed by atoms with van der Waals surface area (Å²) in [6.45, 7) is 2.20. The lowest BCUT2D eigenvalue weighted by Crippen LogP contribution is -2.02. The number of allylic oxidation sites excluding steroid dienone is 4. The number of rotatable bonds is 15. The van der Waals surface area contributed by atoms with Crippen LogP contribution in [0.2, 0.25) is 0 Å². The van der Waals surface area contributed by atoms with Gasteiger partial charge in [-0.15, -0.1) is 0 Å². The van der Waals surface area contributed by atoms with Crippen LogP contribution in [-0.4, -0.2) is 22.3 Å². The third-order valence-electron chi connectivity index (χ3n) is 3.55. The molecule has 0 fully saturated rings. The minimum absolute atomic E-state index is 0.245. The van der Waals surface area contributed by atoms with Crippen molar-refractivity contribution < 1.29 is 15.0 Å². The van der Waals surface area contributed by atoms with Gasteiger partial charge in [0.1, 0.15) is 0 Å². The average Bonchev–Trinajstić information content (AvgIpc) is 2.52. The zero-order chi connectivity index (χ0) is 17.2. The molecule has 0 bridgehead atoms. The van der Waals surface area contributed by atoms with Gasteiger partial charge in [-0.05, 0) is 51.4 Å². The van der Waals surface area contributed by atoms with Crippen LogP contribution in [0.4, 0.5) is 0 Å². The first kappa shape index (κ1) is 21.6. The van der Waals surface area contributed by atoms with Gasteiger partial charge in [0.2, 0.25) is 0 Å². The summed E-state index contributed by atoms with van der Waals surface area (Å²) in [6.07, 6.45) is 22.4. The summed E-state index contributed by atoms with van der Waals surface area (Å²) in [5, 5.41) is 18.3. The van der Waals surface area contributed by atoms with Crippen LogP contribution in [0.25, 0.3) is 0 Å². The van der Waals surface area contributed by atoms with E-state index in [0.717, 1.165) is 32.1 Å². The van der Waals surface area contributed by atoms with Crippen molar-refractivity contribution in [1.29, 1.82) is 0 Å². The van der Waals surface area contributed by atoms with E-state index in [0.29, 0.717) is 12.8 Å². The summed E-state index contributed by atoms with van der Waals surface area (Å²) >= 11 is 0. The number of carboxylic acids is 1. The summed E-state index contributed by atoms with van der Waals surface area (Å²) in [4.78, 5) is 10.3. The van der Waals surface area contributed by atoms with Crippen molar-refractivity contribution in [1.82, 2.24) is 0 Å². The van der Waals surface area contributed by atoms with Crippen molar-refractivity contribution in [2.45, 2.75) is 83.7 Å². The highest BCUT2D eigenvalue weighted by Crippen LogP contribution is 2.05. The highest BCUT2D eigenvalue weighted by molar-refractivity contribution is 5.66. The summed E-state index contributed by atoms with van der Waals surface area (Å²) in [7, 11) is 0. The molecule has 3 heteroatoms. The van der Waals surface area contributed by atoms with E-state index < -0.39 is 5.97 Å². The second-order valence-corrected chi connectivity index (χ2v) is 5.90. The van der Waals surface area contributed by atoms with Gasteiger partial charge in [-0.25, -0.2) is 0 Å². The molecule has 0 aliphatic carbocycles. The van der Waals surface area contributed by atoms with Gasteiger partial charge >= 0.3 is 5.97 Å². The fourth-order valence-corrected chi connectivity index (χ4v) is 2.15. The van der Waals surface area contributed by atoms with Gasteiger partial charge in [-0.3, -0.25) is 4.79 Å². The molecule has 23 heavy (non-hydrogen) atoms. The molecule has 0 aliphatic heterocycles. The van der Waals surface area contributed by atoms with Gasteiger partial charge < -0.3 is 10.2 Å². The van der Waals surface area contributed by atoms with Crippen molar-refractivity contribution in [3.05, 3.63) is 36.5 Å². The number of carboxylic acid groups (broad SMARTS) is 1. The molecule has 0 aromatic heterocycles. The van der Waals surface area contributed by atoms with E-state index in [4.69, 9.17) is 5.11 Å². The lowest BCUT2D eigenvalue weighted by molar-refractivity contribution is -0.137. The van der Waals surface area contributed by atoms with Gasteiger partial charge in [0.15, 0.2) is 0 Å². The number of aliphatic carboxylic acids is 1. The van der Waals surface area contributed by atoms with E-state index in [1.807, 2.05) is 6.08 Å². The number of aliphatic hydroxyl groups is 1. The second-order valence-electron chi connectivity index (χ2n) is 5.90. The SMILES string of the molecule is CCCCC/C=C\CC(O)C/C=C/CC/C=C\CCCC(=O)O. The first-order valence-electron chi connectivity index (χ1n) is 9.01. The first-order valence-corrected chi connectivity index (χ1v) is 9.01. The maximum atomic E-state index is 10.3. The summed E-state index contributed by atoms with van der Waals surface area (Å²) in [5.74, 6) is -0.726. The molecule has 3 nitrogen and oxygen atoms in total. The van der Waals surface area contributed by atoms with Gasteiger partial charge in [0.25, 0.3) is 0 Å². The van der Waals surface area contributed by atoms with Crippen LogP contribution in [0, 0.1) is 0 Å². The molecule has 0 aliphatic rings. The number of carbonyl (C=O) groups is 1. The fourth-order valence-electron chi connectivity index (χ4n) is 2.15. The third-order valence-corrected chi connectivity index (χ3v) is 3.55. The maximum Gasteiger partial charge on any atom is 0.303 e. The normalized spacial score (nSPS) is 13.5. The van der Waals surface area contributed by atoms with Crippen LogP contribution in [0.1, 0.15) is 77.6 Å². The Bertz CT molecular complexity index is 356. The molecular weight excluding hydrogens is 288 g/mol. The molecule has 1 unspecified atom stereocenters. The Labute approximate surface area is 141 Å². The number of hydrogen-bond acceptors (Lipinski definition) is 2. The molecule has 0 aromatic carbocycles. The minimum Gasteiger partial charge on any atom is -0.481 e. The fraction of sp³-hybridized carbons (Fsp3) is 0.650. The molecule has 0 saturated carbocycles. The molecule has 0 aromatic rings. The molecule has 132 valence electrons. The molecule has 1 atom stereocenters. The predicted molar refractivity (Wildman–Crippen MR) is 97.5 cm³/mol. The van der Waals surface area contributed by atoms with E-state index in [1.54, 1.807) is 0 Å². The van der Waals surface area contributed by atoms with Crippen molar-refractivity contribution >= 4 is 5.97 Å². The van der Waals surface area contributed by atoms with E-state index in [9.17, 15) is 9.90 Å².